The number of aryl methyl sites for hydroxylation is 1. The van der Waals surface area contributed by atoms with Gasteiger partial charge in [-0.05, 0) is 81.8 Å². The van der Waals surface area contributed by atoms with Crippen molar-refractivity contribution in [3.63, 3.8) is 0 Å². The lowest BCUT2D eigenvalue weighted by molar-refractivity contribution is 0.266. The first kappa shape index (κ1) is 24.9. The van der Waals surface area contributed by atoms with Crippen LogP contribution in [-0.2, 0) is 13.0 Å². The Kier molecular flexibility index (Phi) is 8.41. The Morgan fingerprint density at radius 3 is 2.59 bits per heavy atom. The lowest BCUT2D eigenvalue weighted by Gasteiger charge is -2.25. The number of ether oxygens (including phenoxy) is 1. The summed E-state index contributed by atoms with van der Waals surface area (Å²) in [4.78, 5) is 2.59. The maximum absolute atomic E-state index is 5.62. The van der Waals surface area contributed by atoms with Crippen molar-refractivity contribution in [2.45, 2.75) is 84.7 Å². The summed E-state index contributed by atoms with van der Waals surface area (Å²) in [7, 11) is 1.76. The molecule has 1 aromatic carbocycles. The summed E-state index contributed by atoms with van der Waals surface area (Å²) in [6.45, 7) is 15.7. The van der Waals surface area contributed by atoms with E-state index in [1.54, 1.807) is 7.11 Å². The summed E-state index contributed by atoms with van der Waals surface area (Å²) in [5, 5.41) is 3.72. The average molecular weight is 464 g/mol. The van der Waals surface area contributed by atoms with Crippen LogP contribution in [-0.4, -0.2) is 42.3 Å². The van der Waals surface area contributed by atoms with Gasteiger partial charge in [-0.15, -0.1) is 0 Å². The minimum Gasteiger partial charge on any atom is -0.497 e. The van der Waals surface area contributed by atoms with E-state index >= 15 is 0 Å². The zero-order valence-corrected chi connectivity index (χ0v) is 22.0. The Morgan fingerprint density at radius 2 is 1.88 bits per heavy atom. The fourth-order valence-corrected chi connectivity index (χ4v) is 6.15. The van der Waals surface area contributed by atoms with Gasteiger partial charge in [-0.3, -0.25) is 4.90 Å². The quantitative estimate of drug-likeness (QED) is 0.427. The Labute approximate surface area is 207 Å². The van der Waals surface area contributed by atoms with Crippen LogP contribution in [0.4, 0.5) is 0 Å². The van der Waals surface area contributed by atoms with Gasteiger partial charge in [0.15, 0.2) is 0 Å². The van der Waals surface area contributed by atoms with Crippen LogP contribution >= 0.6 is 0 Å². The van der Waals surface area contributed by atoms with Crippen molar-refractivity contribution >= 4 is 5.70 Å². The van der Waals surface area contributed by atoms with Crippen LogP contribution in [0.15, 0.2) is 30.8 Å². The number of aromatic nitrogens is 1. The van der Waals surface area contributed by atoms with Gasteiger partial charge >= 0.3 is 0 Å². The zero-order chi connectivity index (χ0) is 24.1. The molecule has 1 saturated heterocycles. The highest BCUT2D eigenvalue weighted by Gasteiger charge is 2.24. The van der Waals surface area contributed by atoms with Crippen LogP contribution in [0, 0.1) is 12.8 Å². The second-order valence-electron chi connectivity index (χ2n) is 10.3. The molecule has 4 nitrogen and oxygen atoms in total. The molecule has 0 spiro atoms. The van der Waals surface area contributed by atoms with Crippen molar-refractivity contribution in [3.05, 3.63) is 47.7 Å². The topological polar surface area (TPSA) is 29.4 Å². The molecule has 2 fully saturated rings. The van der Waals surface area contributed by atoms with Gasteiger partial charge in [0.1, 0.15) is 5.75 Å². The number of likely N-dealkylation sites (tertiary alicyclic amines) is 1. The van der Waals surface area contributed by atoms with E-state index in [0.29, 0.717) is 6.04 Å². The SMILES string of the molecule is C=C(NCC1CCCN1CC)c1cc(-c2cc(OC)ccc2CC)n(CC2CCCCC2)c1C. The van der Waals surface area contributed by atoms with E-state index in [1.807, 2.05) is 0 Å². The molecule has 1 aliphatic carbocycles. The van der Waals surface area contributed by atoms with Crippen LogP contribution in [0.2, 0.25) is 0 Å². The Hall–Kier alpha value is -2.20. The third kappa shape index (κ3) is 5.38. The van der Waals surface area contributed by atoms with Gasteiger partial charge in [0.2, 0.25) is 0 Å². The van der Waals surface area contributed by atoms with Crippen molar-refractivity contribution < 1.29 is 4.74 Å². The van der Waals surface area contributed by atoms with Crippen molar-refractivity contribution in [1.82, 2.24) is 14.8 Å². The number of nitrogens with one attached hydrogen (secondary N) is 1. The van der Waals surface area contributed by atoms with Gasteiger partial charge in [-0.2, -0.15) is 0 Å². The second-order valence-corrected chi connectivity index (χ2v) is 10.3. The minimum absolute atomic E-state index is 0.621. The number of likely N-dealkylation sites (N-methyl/N-ethyl adjacent to an activating group) is 1. The fraction of sp³-hybridized carbons (Fsp3) is 0.600. The van der Waals surface area contributed by atoms with Gasteiger partial charge in [0, 0.05) is 47.3 Å². The van der Waals surface area contributed by atoms with E-state index in [4.69, 9.17) is 4.74 Å². The summed E-state index contributed by atoms with van der Waals surface area (Å²) in [5.74, 6) is 1.69. The van der Waals surface area contributed by atoms with E-state index in [1.165, 1.54) is 79.6 Å². The fourth-order valence-electron chi connectivity index (χ4n) is 6.15. The zero-order valence-electron chi connectivity index (χ0n) is 22.0. The summed E-state index contributed by atoms with van der Waals surface area (Å²) >= 11 is 0. The second kappa shape index (κ2) is 11.5. The summed E-state index contributed by atoms with van der Waals surface area (Å²) in [6.07, 6.45) is 10.4. The highest BCUT2D eigenvalue weighted by Crippen LogP contribution is 2.36. The normalized spacial score (nSPS) is 19.5. The molecule has 186 valence electrons. The lowest BCUT2D eigenvalue weighted by atomic mass is 9.89. The third-order valence-electron chi connectivity index (χ3n) is 8.29. The number of hydrogen-bond acceptors (Lipinski definition) is 3. The molecule has 1 atom stereocenters. The van der Waals surface area contributed by atoms with E-state index in [2.05, 4.69) is 66.4 Å². The standard InChI is InChI=1S/C30H45N3O/c1-6-25-15-16-27(34-5)18-29(25)30-19-28(22(3)31-20-26-14-11-17-32(26)7-2)23(4)33(30)21-24-12-9-8-10-13-24/h15-16,18-19,24,26,31H,3,6-14,17,20-21H2,1-2,4-5H3. The maximum atomic E-state index is 5.62. The predicted molar refractivity (Wildman–Crippen MR) is 144 cm³/mol. The molecular weight excluding hydrogens is 418 g/mol. The summed E-state index contributed by atoms with van der Waals surface area (Å²) < 4.78 is 8.21. The van der Waals surface area contributed by atoms with E-state index in [-0.39, 0.29) is 0 Å². The molecule has 4 rings (SSSR count). The number of benzene rings is 1. The van der Waals surface area contributed by atoms with Gasteiger partial charge in [-0.1, -0.05) is 45.8 Å². The predicted octanol–water partition coefficient (Wildman–Crippen LogP) is 6.66. The Morgan fingerprint density at radius 1 is 1.09 bits per heavy atom. The smallest absolute Gasteiger partial charge is 0.119 e. The largest absolute Gasteiger partial charge is 0.497 e. The number of nitrogens with zero attached hydrogens (tertiary/aromatic N) is 2. The molecular formula is C30H45N3O. The van der Waals surface area contributed by atoms with Crippen molar-refractivity contribution in [1.29, 1.82) is 0 Å². The van der Waals surface area contributed by atoms with Crippen molar-refractivity contribution in [2.24, 2.45) is 5.92 Å². The van der Waals surface area contributed by atoms with Gasteiger partial charge in [0.05, 0.1) is 7.11 Å². The van der Waals surface area contributed by atoms with Crippen LogP contribution in [0.25, 0.3) is 17.0 Å². The minimum atomic E-state index is 0.621. The van der Waals surface area contributed by atoms with Crippen LogP contribution in [0.3, 0.4) is 0 Å². The van der Waals surface area contributed by atoms with Crippen LogP contribution < -0.4 is 10.1 Å². The lowest BCUT2D eigenvalue weighted by Crippen LogP contribution is -2.37. The summed E-state index contributed by atoms with van der Waals surface area (Å²) in [6, 6.07) is 9.55. The average Bonchev–Trinajstić information content (AvgIpc) is 3.47. The Balaban J connectivity index is 1.66. The van der Waals surface area contributed by atoms with E-state index < -0.39 is 0 Å². The number of methoxy groups -OCH3 is 1. The molecule has 0 radical (unpaired) electrons. The molecule has 1 aliphatic heterocycles. The molecule has 1 saturated carbocycles. The molecule has 2 aliphatic rings. The monoisotopic (exact) mass is 463 g/mol. The van der Waals surface area contributed by atoms with Crippen molar-refractivity contribution in [2.75, 3.05) is 26.7 Å². The number of hydrogen-bond donors (Lipinski definition) is 1. The molecule has 2 heterocycles. The first-order chi connectivity index (χ1) is 16.5. The molecule has 4 heteroatoms. The van der Waals surface area contributed by atoms with E-state index in [9.17, 15) is 0 Å². The molecule has 0 bridgehead atoms. The maximum Gasteiger partial charge on any atom is 0.119 e. The first-order valence-electron chi connectivity index (χ1n) is 13.6. The van der Waals surface area contributed by atoms with Crippen molar-refractivity contribution in [3.8, 4) is 17.0 Å². The van der Waals surface area contributed by atoms with Crippen LogP contribution in [0.5, 0.6) is 5.75 Å². The molecule has 1 aromatic heterocycles. The first-order valence-corrected chi connectivity index (χ1v) is 13.6. The molecule has 1 unspecified atom stereocenters. The highest BCUT2D eigenvalue weighted by molar-refractivity contribution is 5.75. The Bertz CT molecular complexity index is 970. The molecule has 34 heavy (non-hydrogen) atoms. The summed E-state index contributed by atoms with van der Waals surface area (Å²) in [5.41, 5.74) is 7.64. The molecule has 1 N–H and O–H groups in total. The van der Waals surface area contributed by atoms with Gasteiger partial charge in [-0.25, -0.2) is 0 Å². The molecule has 0 amide bonds. The third-order valence-corrected chi connectivity index (χ3v) is 8.29. The number of rotatable bonds is 10. The highest BCUT2D eigenvalue weighted by atomic mass is 16.5. The van der Waals surface area contributed by atoms with Crippen LogP contribution in [0.1, 0.15) is 75.6 Å². The molecule has 2 aromatic rings. The van der Waals surface area contributed by atoms with Gasteiger partial charge < -0.3 is 14.6 Å². The van der Waals surface area contributed by atoms with Gasteiger partial charge in [0.25, 0.3) is 0 Å². The van der Waals surface area contributed by atoms with E-state index in [0.717, 1.165) is 43.4 Å².